The number of carbonyl (C=O) groups excluding carboxylic acids is 1. The maximum atomic E-state index is 10.6. The van der Waals surface area contributed by atoms with Crippen LogP contribution in [0.4, 0.5) is 0 Å². The number of halogens is 1. The molecule has 0 spiro atoms. The van der Waals surface area contributed by atoms with Crippen LogP contribution in [0, 0.1) is 5.92 Å². The van der Waals surface area contributed by atoms with Crippen molar-refractivity contribution in [1.82, 2.24) is 4.90 Å². The Kier molecular flexibility index (Phi) is 3.45. The lowest BCUT2D eigenvalue weighted by Crippen LogP contribution is -2.31. The van der Waals surface area contributed by atoms with Gasteiger partial charge in [0, 0.05) is 22.0 Å². The molecule has 0 N–H and O–H groups in total. The Bertz CT molecular complexity index is 268. The summed E-state index contributed by atoms with van der Waals surface area (Å²) in [6.45, 7) is 2.14. The second-order valence-corrected chi connectivity index (χ2v) is 4.36. The monoisotopic (exact) mass is 243 g/mol. The fourth-order valence-electron chi connectivity index (χ4n) is 1.35. The molecule has 72 valence electrons. The van der Waals surface area contributed by atoms with Gasteiger partial charge in [-0.3, -0.25) is 4.79 Å². The number of nitrogens with zero attached hydrogens (tertiary/aromatic N) is 1. The maximum absolute atomic E-state index is 10.6. The Hall–Kier alpha value is -0.410. The first-order valence-electron chi connectivity index (χ1n) is 4.27. The van der Waals surface area contributed by atoms with E-state index in [2.05, 4.69) is 33.8 Å². The van der Waals surface area contributed by atoms with Crippen LogP contribution in [0.15, 0.2) is 22.2 Å². The van der Waals surface area contributed by atoms with Crippen molar-refractivity contribution in [2.24, 2.45) is 5.92 Å². The normalized spacial score (nSPS) is 24.2. The van der Waals surface area contributed by atoms with E-state index in [1.807, 2.05) is 20.2 Å². The molecule has 0 bridgehead atoms. The van der Waals surface area contributed by atoms with Gasteiger partial charge in [0.05, 0.1) is 0 Å². The van der Waals surface area contributed by atoms with Crippen LogP contribution in [-0.4, -0.2) is 31.3 Å². The third-order valence-electron chi connectivity index (χ3n) is 2.51. The molecule has 0 aromatic carbocycles. The third kappa shape index (κ3) is 2.09. The van der Waals surface area contributed by atoms with Gasteiger partial charge in [0.25, 0.3) is 0 Å². The first-order valence-corrected chi connectivity index (χ1v) is 5.06. The number of aldehydes is 1. The van der Waals surface area contributed by atoms with Gasteiger partial charge in [-0.05, 0) is 21.0 Å². The van der Waals surface area contributed by atoms with Crippen LogP contribution in [0.1, 0.15) is 6.92 Å². The zero-order valence-corrected chi connectivity index (χ0v) is 9.71. The summed E-state index contributed by atoms with van der Waals surface area (Å²) in [6.07, 6.45) is 4.84. The predicted octanol–water partition coefficient (Wildman–Crippen LogP) is 1.97. The SMILES string of the molecule is C[C@H](C1C=CC(C=O)=C1Br)N(C)C. The Balaban J connectivity index is 2.82. The summed E-state index contributed by atoms with van der Waals surface area (Å²) >= 11 is 3.46. The van der Waals surface area contributed by atoms with Crippen LogP contribution in [-0.2, 0) is 4.79 Å². The Morgan fingerprint density at radius 3 is 2.62 bits per heavy atom. The second-order valence-electron chi connectivity index (χ2n) is 3.51. The second kappa shape index (κ2) is 4.20. The molecule has 0 radical (unpaired) electrons. The summed E-state index contributed by atoms with van der Waals surface area (Å²) in [5, 5.41) is 0. The van der Waals surface area contributed by atoms with Crippen LogP contribution < -0.4 is 0 Å². The lowest BCUT2D eigenvalue weighted by molar-refractivity contribution is -0.104. The van der Waals surface area contributed by atoms with Gasteiger partial charge in [0.2, 0.25) is 0 Å². The first-order chi connectivity index (χ1) is 6.07. The summed E-state index contributed by atoms with van der Waals surface area (Å²) in [7, 11) is 4.08. The van der Waals surface area contributed by atoms with E-state index in [4.69, 9.17) is 0 Å². The standard InChI is InChI=1S/C10H14BrNO/c1-7(12(2)3)9-5-4-8(6-13)10(9)11/h4-7,9H,1-3H3/t7-,9?/m1/s1. The van der Waals surface area contributed by atoms with Gasteiger partial charge >= 0.3 is 0 Å². The number of hydrogen-bond donors (Lipinski definition) is 0. The van der Waals surface area contributed by atoms with Crippen molar-refractivity contribution in [3.63, 3.8) is 0 Å². The minimum atomic E-state index is 0.315. The number of carbonyl (C=O) groups is 1. The minimum Gasteiger partial charge on any atom is -0.306 e. The van der Waals surface area contributed by atoms with Gasteiger partial charge in [-0.1, -0.05) is 28.1 Å². The molecule has 0 aromatic heterocycles. The van der Waals surface area contributed by atoms with Crippen molar-refractivity contribution in [1.29, 1.82) is 0 Å². The molecular formula is C10H14BrNO. The molecule has 0 heterocycles. The molecule has 0 fully saturated rings. The Labute approximate surface area is 87.4 Å². The van der Waals surface area contributed by atoms with Crippen LogP contribution in [0.3, 0.4) is 0 Å². The number of hydrogen-bond acceptors (Lipinski definition) is 2. The number of rotatable bonds is 3. The Morgan fingerprint density at radius 2 is 2.23 bits per heavy atom. The van der Waals surface area contributed by atoms with Gasteiger partial charge in [-0.2, -0.15) is 0 Å². The molecule has 2 atom stereocenters. The molecule has 0 aromatic rings. The molecule has 2 nitrogen and oxygen atoms in total. The lowest BCUT2D eigenvalue weighted by atomic mass is 10.0. The third-order valence-corrected chi connectivity index (χ3v) is 3.50. The molecule has 1 aliphatic carbocycles. The first kappa shape index (κ1) is 10.7. The summed E-state index contributed by atoms with van der Waals surface area (Å²) in [5.41, 5.74) is 0.763. The maximum Gasteiger partial charge on any atom is 0.150 e. The molecule has 3 heteroatoms. The largest absolute Gasteiger partial charge is 0.306 e. The van der Waals surface area contributed by atoms with E-state index in [1.54, 1.807) is 0 Å². The van der Waals surface area contributed by atoms with E-state index in [1.165, 1.54) is 0 Å². The highest BCUT2D eigenvalue weighted by molar-refractivity contribution is 9.11. The zero-order chi connectivity index (χ0) is 10.0. The molecule has 1 aliphatic rings. The highest BCUT2D eigenvalue weighted by atomic mass is 79.9. The van der Waals surface area contributed by atoms with Crippen molar-refractivity contribution in [3.8, 4) is 0 Å². The zero-order valence-electron chi connectivity index (χ0n) is 8.12. The van der Waals surface area contributed by atoms with Gasteiger partial charge < -0.3 is 4.90 Å². The highest BCUT2D eigenvalue weighted by Gasteiger charge is 2.24. The van der Waals surface area contributed by atoms with E-state index >= 15 is 0 Å². The quantitative estimate of drug-likeness (QED) is 0.707. The molecule has 1 rings (SSSR count). The van der Waals surface area contributed by atoms with Gasteiger partial charge in [-0.15, -0.1) is 0 Å². The lowest BCUT2D eigenvalue weighted by Gasteiger charge is -2.25. The van der Waals surface area contributed by atoms with Crippen LogP contribution in [0.5, 0.6) is 0 Å². The van der Waals surface area contributed by atoms with Crippen molar-refractivity contribution in [3.05, 3.63) is 22.2 Å². The molecule has 0 saturated heterocycles. The summed E-state index contributed by atoms with van der Waals surface area (Å²) in [5.74, 6) is 0.315. The van der Waals surface area contributed by atoms with Crippen molar-refractivity contribution in [2.75, 3.05) is 14.1 Å². The van der Waals surface area contributed by atoms with Crippen LogP contribution in [0.2, 0.25) is 0 Å². The van der Waals surface area contributed by atoms with E-state index in [0.717, 1.165) is 16.3 Å². The summed E-state index contributed by atoms with van der Waals surface area (Å²) < 4.78 is 1.00. The van der Waals surface area contributed by atoms with Crippen LogP contribution in [0.25, 0.3) is 0 Å². The van der Waals surface area contributed by atoms with E-state index in [0.29, 0.717) is 12.0 Å². The van der Waals surface area contributed by atoms with Crippen LogP contribution >= 0.6 is 15.9 Å². The molecule has 13 heavy (non-hydrogen) atoms. The van der Waals surface area contributed by atoms with Crippen molar-refractivity contribution in [2.45, 2.75) is 13.0 Å². The molecule has 0 amide bonds. The molecular weight excluding hydrogens is 230 g/mol. The molecule has 1 unspecified atom stereocenters. The minimum absolute atomic E-state index is 0.315. The Morgan fingerprint density at radius 1 is 1.62 bits per heavy atom. The van der Waals surface area contributed by atoms with Gasteiger partial charge in [0.15, 0.2) is 6.29 Å². The number of allylic oxidation sites excluding steroid dienone is 2. The van der Waals surface area contributed by atoms with Crippen molar-refractivity contribution < 1.29 is 4.79 Å². The van der Waals surface area contributed by atoms with Gasteiger partial charge in [-0.25, -0.2) is 0 Å². The fourth-order valence-corrected chi connectivity index (χ4v) is 2.11. The predicted molar refractivity (Wildman–Crippen MR) is 57.8 cm³/mol. The topological polar surface area (TPSA) is 20.3 Å². The molecule has 0 saturated carbocycles. The van der Waals surface area contributed by atoms with E-state index in [-0.39, 0.29) is 0 Å². The summed E-state index contributed by atoms with van der Waals surface area (Å²) in [6, 6.07) is 0.406. The van der Waals surface area contributed by atoms with Crippen molar-refractivity contribution >= 4 is 22.2 Å². The smallest absolute Gasteiger partial charge is 0.150 e. The average Bonchev–Trinajstić information content (AvgIpc) is 2.45. The van der Waals surface area contributed by atoms with Gasteiger partial charge in [0.1, 0.15) is 0 Å². The highest BCUT2D eigenvalue weighted by Crippen LogP contribution is 2.32. The summed E-state index contributed by atoms with van der Waals surface area (Å²) in [4.78, 5) is 12.7. The fraction of sp³-hybridized carbons (Fsp3) is 0.500. The van der Waals surface area contributed by atoms with E-state index < -0.39 is 0 Å². The molecule has 0 aliphatic heterocycles. The average molecular weight is 244 g/mol. The van der Waals surface area contributed by atoms with E-state index in [9.17, 15) is 4.79 Å².